The van der Waals surface area contributed by atoms with Crippen LogP contribution in [0.2, 0.25) is 0 Å². The number of rotatable bonds is 6. The Morgan fingerprint density at radius 1 is 1.22 bits per heavy atom. The van der Waals surface area contributed by atoms with Gasteiger partial charge in [0.1, 0.15) is 0 Å². The van der Waals surface area contributed by atoms with Crippen molar-refractivity contribution in [3.05, 3.63) is 29.3 Å². The molecule has 0 unspecified atom stereocenters. The summed E-state index contributed by atoms with van der Waals surface area (Å²) in [5.74, 6) is 2.05. The fourth-order valence-electron chi connectivity index (χ4n) is 2.41. The van der Waals surface area contributed by atoms with E-state index in [4.69, 9.17) is 0 Å². The summed E-state index contributed by atoms with van der Waals surface area (Å²) in [6.45, 7) is 3.93. The molecule has 1 heterocycles. The third-order valence-electron chi connectivity index (χ3n) is 4.02. The monoisotopic (exact) mass is 356 g/mol. The third kappa shape index (κ3) is 5.51. The zero-order chi connectivity index (χ0) is 16.9. The number of nitrogens with one attached hydrogen (secondary N) is 2. The summed E-state index contributed by atoms with van der Waals surface area (Å²) < 4.78 is 26.9. The molecule has 0 radical (unpaired) electrons. The highest BCUT2D eigenvalue weighted by Crippen LogP contribution is 2.17. The molecule has 7 heteroatoms. The zero-order valence-electron chi connectivity index (χ0n) is 13.6. The number of amides is 1. The van der Waals surface area contributed by atoms with Crippen LogP contribution >= 0.6 is 11.8 Å². The largest absolute Gasteiger partial charge is 0.353 e. The maximum atomic E-state index is 12.2. The van der Waals surface area contributed by atoms with Crippen molar-refractivity contribution >= 4 is 27.7 Å². The molecular weight excluding hydrogens is 332 g/mol. The van der Waals surface area contributed by atoms with Gasteiger partial charge in [-0.15, -0.1) is 0 Å². The molecule has 2 rings (SSSR count). The Kier molecular flexibility index (Phi) is 6.50. The van der Waals surface area contributed by atoms with Crippen molar-refractivity contribution in [3.63, 3.8) is 0 Å². The first-order valence-corrected chi connectivity index (χ1v) is 10.5. The van der Waals surface area contributed by atoms with Gasteiger partial charge in [-0.05, 0) is 61.5 Å². The molecular formula is C16H24N2O3S2. The standard InChI is InChI=1S/C16H24N2O3S2/c1-12-3-4-15(11-13(12)2)23(20,21)17-8-5-16(19)18-14-6-9-22-10-7-14/h3-4,11,14,17H,5-10H2,1-2H3,(H,18,19). The van der Waals surface area contributed by atoms with Gasteiger partial charge in [0, 0.05) is 19.0 Å². The van der Waals surface area contributed by atoms with Crippen molar-refractivity contribution in [3.8, 4) is 0 Å². The molecule has 2 N–H and O–H groups in total. The van der Waals surface area contributed by atoms with Gasteiger partial charge in [-0.3, -0.25) is 4.79 Å². The van der Waals surface area contributed by atoms with Crippen LogP contribution in [-0.4, -0.2) is 38.4 Å². The molecule has 0 aliphatic carbocycles. The summed E-state index contributed by atoms with van der Waals surface area (Å²) in [5.41, 5.74) is 1.98. The highest BCUT2D eigenvalue weighted by Gasteiger charge is 2.17. The van der Waals surface area contributed by atoms with Gasteiger partial charge in [0.25, 0.3) is 0 Å². The zero-order valence-corrected chi connectivity index (χ0v) is 15.2. The minimum atomic E-state index is -3.56. The van der Waals surface area contributed by atoms with Crippen LogP contribution in [0.4, 0.5) is 0 Å². The Morgan fingerprint density at radius 3 is 2.57 bits per heavy atom. The van der Waals surface area contributed by atoms with Crippen LogP contribution < -0.4 is 10.0 Å². The van der Waals surface area contributed by atoms with E-state index in [1.807, 2.05) is 25.6 Å². The molecule has 0 saturated carbocycles. The molecule has 0 atom stereocenters. The Bertz CT molecular complexity index is 653. The summed E-state index contributed by atoms with van der Waals surface area (Å²) in [5, 5.41) is 2.97. The summed E-state index contributed by atoms with van der Waals surface area (Å²) >= 11 is 1.90. The van der Waals surface area contributed by atoms with Crippen LogP contribution in [0.1, 0.15) is 30.4 Å². The average molecular weight is 357 g/mol. The molecule has 1 saturated heterocycles. The number of benzene rings is 1. The predicted octanol–water partition coefficient (Wildman–Crippen LogP) is 1.98. The maximum absolute atomic E-state index is 12.2. The van der Waals surface area contributed by atoms with Crippen molar-refractivity contribution in [2.45, 2.75) is 44.0 Å². The highest BCUT2D eigenvalue weighted by molar-refractivity contribution is 7.99. The lowest BCUT2D eigenvalue weighted by molar-refractivity contribution is -0.121. The van der Waals surface area contributed by atoms with E-state index in [1.54, 1.807) is 18.2 Å². The van der Waals surface area contributed by atoms with Gasteiger partial charge >= 0.3 is 0 Å². The van der Waals surface area contributed by atoms with Gasteiger partial charge in [0.05, 0.1) is 4.90 Å². The third-order valence-corrected chi connectivity index (χ3v) is 6.53. The first-order chi connectivity index (χ1) is 10.9. The molecule has 128 valence electrons. The fourth-order valence-corrected chi connectivity index (χ4v) is 4.63. The topological polar surface area (TPSA) is 75.3 Å². The summed E-state index contributed by atoms with van der Waals surface area (Å²) in [4.78, 5) is 12.1. The van der Waals surface area contributed by atoms with E-state index in [-0.39, 0.29) is 29.8 Å². The fraction of sp³-hybridized carbons (Fsp3) is 0.562. The van der Waals surface area contributed by atoms with Crippen molar-refractivity contribution in [2.75, 3.05) is 18.1 Å². The van der Waals surface area contributed by atoms with Crippen LogP contribution in [-0.2, 0) is 14.8 Å². The van der Waals surface area contributed by atoms with E-state index in [9.17, 15) is 13.2 Å². The van der Waals surface area contributed by atoms with Gasteiger partial charge in [-0.2, -0.15) is 11.8 Å². The van der Waals surface area contributed by atoms with Crippen molar-refractivity contribution in [1.82, 2.24) is 10.0 Å². The number of carbonyl (C=O) groups is 1. The van der Waals surface area contributed by atoms with E-state index in [2.05, 4.69) is 10.0 Å². The molecule has 1 aliphatic heterocycles. The molecule has 1 fully saturated rings. The van der Waals surface area contributed by atoms with Gasteiger partial charge in [-0.1, -0.05) is 6.07 Å². The van der Waals surface area contributed by atoms with E-state index >= 15 is 0 Å². The van der Waals surface area contributed by atoms with Gasteiger partial charge in [0.15, 0.2) is 0 Å². The molecule has 1 aliphatic rings. The Labute approximate surface area is 142 Å². The van der Waals surface area contributed by atoms with Crippen molar-refractivity contribution < 1.29 is 13.2 Å². The normalized spacial score (nSPS) is 16.3. The van der Waals surface area contributed by atoms with Gasteiger partial charge < -0.3 is 5.32 Å². The number of aryl methyl sites for hydroxylation is 2. The average Bonchev–Trinajstić information content (AvgIpc) is 2.50. The predicted molar refractivity (Wildman–Crippen MR) is 94.2 cm³/mol. The second-order valence-corrected chi connectivity index (χ2v) is 8.84. The first kappa shape index (κ1) is 18.3. The number of thioether (sulfide) groups is 1. The van der Waals surface area contributed by atoms with Crippen molar-refractivity contribution in [2.24, 2.45) is 0 Å². The lowest BCUT2D eigenvalue weighted by atomic mass is 10.1. The smallest absolute Gasteiger partial charge is 0.240 e. The van der Waals surface area contributed by atoms with E-state index in [0.717, 1.165) is 35.5 Å². The van der Waals surface area contributed by atoms with E-state index in [0.29, 0.717) is 0 Å². The minimum Gasteiger partial charge on any atom is -0.353 e. The maximum Gasteiger partial charge on any atom is 0.240 e. The second kappa shape index (κ2) is 8.17. The van der Waals surface area contributed by atoms with Crippen LogP contribution in [0.3, 0.4) is 0 Å². The molecule has 0 bridgehead atoms. The molecule has 23 heavy (non-hydrogen) atoms. The summed E-state index contributed by atoms with van der Waals surface area (Å²) in [7, 11) is -3.56. The Morgan fingerprint density at radius 2 is 1.91 bits per heavy atom. The SMILES string of the molecule is Cc1ccc(S(=O)(=O)NCCC(=O)NC2CCSCC2)cc1C. The highest BCUT2D eigenvalue weighted by atomic mass is 32.2. The van der Waals surface area contributed by atoms with Crippen LogP contribution in [0, 0.1) is 13.8 Å². The minimum absolute atomic E-state index is 0.0929. The van der Waals surface area contributed by atoms with Gasteiger partial charge in [-0.25, -0.2) is 13.1 Å². The lowest BCUT2D eigenvalue weighted by Crippen LogP contribution is -2.39. The number of carbonyl (C=O) groups excluding carboxylic acids is 1. The molecule has 0 aromatic heterocycles. The lowest BCUT2D eigenvalue weighted by Gasteiger charge is -2.22. The molecule has 5 nitrogen and oxygen atoms in total. The van der Waals surface area contributed by atoms with Crippen LogP contribution in [0.15, 0.2) is 23.1 Å². The van der Waals surface area contributed by atoms with E-state index in [1.165, 1.54) is 0 Å². The number of hydrogen-bond acceptors (Lipinski definition) is 4. The Balaban J connectivity index is 1.82. The molecule has 1 aromatic carbocycles. The van der Waals surface area contributed by atoms with Crippen molar-refractivity contribution in [1.29, 1.82) is 0 Å². The Hall–Kier alpha value is -1.05. The van der Waals surface area contributed by atoms with Gasteiger partial charge in [0.2, 0.25) is 15.9 Å². The number of hydrogen-bond donors (Lipinski definition) is 2. The van der Waals surface area contributed by atoms with Crippen LogP contribution in [0.25, 0.3) is 0 Å². The first-order valence-electron chi connectivity index (χ1n) is 7.82. The van der Waals surface area contributed by atoms with E-state index < -0.39 is 10.0 Å². The second-order valence-electron chi connectivity index (χ2n) is 5.85. The molecule has 1 amide bonds. The summed E-state index contributed by atoms with van der Waals surface area (Å²) in [6, 6.07) is 5.26. The molecule has 1 aromatic rings. The van der Waals surface area contributed by atoms with Crippen LogP contribution in [0.5, 0.6) is 0 Å². The molecule has 0 spiro atoms. The number of sulfonamides is 1. The quantitative estimate of drug-likeness (QED) is 0.817. The summed E-state index contributed by atoms with van der Waals surface area (Å²) in [6.07, 6.45) is 2.14.